The molecular weight excluding hydrogens is 350 g/mol. The van der Waals surface area contributed by atoms with E-state index < -0.39 is 0 Å². The largest absolute Gasteiger partial charge is 0.268 e. The molecule has 6 nitrogen and oxygen atoms in total. The van der Waals surface area contributed by atoms with E-state index in [-0.39, 0.29) is 5.56 Å². The predicted molar refractivity (Wildman–Crippen MR) is 110 cm³/mol. The van der Waals surface area contributed by atoms with Crippen molar-refractivity contribution in [3.8, 4) is 11.8 Å². The maximum atomic E-state index is 13.1. The highest BCUT2D eigenvalue weighted by Gasteiger charge is 2.11. The van der Waals surface area contributed by atoms with Gasteiger partial charge in [-0.25, -0.2) is 15.0 Å². The number of aromatic nitrogens is 2. The minimum absolute atomic E-state index is 0.173. The minimum Gasteiger partial charge on any atom is -0.268 e. The lowest BCUT2D eigenvalue weighted by Crippen LogP contribution is -2.22. The Morgan fingerprint density at radius 2 is 1.68 bits per heavy atom. The maximum Gasteiger partial charge on any atom is 0.267 e. The number of anilines is 1. The van der Waals surface area contributed by atoms with Crippen LogP contribution < -0.4 is 11.0 Å². The van der Waals surface area contributed by atoms with E-state index in [4.69, 9.17) is 5.26 Å². The molecule has 1 N–H and O–H groups in total. The summed E-state index contributed by atoms with van der Waals surface area (Å²) in [6, 6.07) is 25.6. The first-order valence-corrected chi connectivity index (χ1v) is 8.63. The van der Waals surface area contributed by atoms with Crippen LogP contribution in [0.5, 0.6) is 0 Å². The number of nitrogens with one attached hydrogen (secondary N) is 1. The van der Waals surface area contributed by atoms with Crippen molar-refractivity contribution in [2.24, 2.45) is 5.10 Å². The quantitative estimate of drug-likeness (QED) is 0.441. The Morgan fingerprint density at radius 3 is 2.43 bits per heavy atom. The molecule has 6 heteroatoms. The van der Waals surface area contributed by atoms with E-state index in [1.807, 2.05) is 42.5 Å². The molecule has 134 valence electrons. The second-order valence-electron chi connectivity index (χ2n) is 6.03. The van der Waals surface area contributed by atoms with Crippen LogP contribution in [0.4, 0.5) is 5.95 Å². The number of benzene rings is 3. The van der Waals surface area contributed by atoms with E-state index in [2.05, 4.69) is 21.6 Å². The summed E-state index contributed by atoms with van der Waals surface area (Å²) in [6.45, 7) is 0. The van der Waals surface area contributed by atoms with Crippen LogP contribution in [-0.4, -0.2) is 15.8 Å². The van der Waals surface area contributed by atoms with Crippen LogP contribution in [0.1, 0.15) is 11.1 Å². The fourth-order valence-corrected chi connectivity index (χ4v) is 2.83. The first-order valence-electron chi connectivity index (χ1n) is 8.63. The lowest BCUT2D eigenvalue weighted by Gasteiger charge is -2.12. The molecule has 1 aromatic heterocycles. The Bertz CT molecular complexity index is 1250. The van der Waals surface area contributed by atoms with Crippen LogP contribution in [0.2, 0.25) is 0 Å². The standard InChI is InChI=1S/C22H15N5O/c23-14-16-10-12-17(13-11-16)15-24-26-22-25-20-9-5-4-8-19(20)21(28)27(22)18-6-2-1-3-7-18/h1-13,15H,(H,25,26)/b24-15+. The van der Waals surface area contributed by atoms with Crippen LogP contribution >= 0.6 is 0 Å². The third-order valence-electron chi connectivity index (χ3n) is 4.21. The third-order valence-corrected chi connectivity index (χ3v) is 4.21. The summed E-state index contributed by atoms with van der Waals surface area (Å²) in [4.78, 5) is 17.6. The van der Waals surface area contributed by atoms with Gasteiger partial charge in [0, 0.05) is 0 Å². The average molecular weight is 365 g/mol. The summed E-state index contributed by atoms with van der Waals surface area (Å²) < 4.78 is 1.50. The SMILES string of the molecule is N#Cc1ccc(/C=N/Nc2nc3ccccc3c(=O)n2-c2ccccc2)cc1. The summed E-state index contributed by atoms with van der Waals surface area (Å²) in [5.41, 5.74) is 5.40. The average Bonchev–Trinajstić information content (AvgIpc) is 2.75. The monoisotopic (exact) mass is 365 g/mol. The molecule has 0 spiro atoms. The van der Waals surface area contributed by atoms with Crippen molar-refractivity contribution >= 4 is 23.1 Å². The van der Waals surface area contributed by atoms with Crippen LogP contribution in [0, 0.1) is 11.3 Å². The van der Waals surface area contributed by atoms with E-state index in [0.717, 1.165) is 5.56 Å². The van der Waals surface area contributed by atoms with Gasteiger partial charge in [0.1, 0.15) is 0 Å². The van der Waals surface area contributed by atoms with Crippen molar-refractivity contribution in [2.45, 2.75) is 0 Å². The van der Waals surface area contributed by atoms with E-state index in [9.17, 15) is 4.79 Å². The highest BCUT2D eigenvalue weighted by Crippen LogP contribution is 2.16. The molecule has 3 aromatic carbocycles. The lowest BCUT2D eigenvalue weighted by molar-refractivity contribution is 0.956. The van der Waals surface area contributed by atoms with Gasteiger partial charge >= 0.3 is 0 Å². The summed E-state index contributed by atoms with van der Waals surface area (Å²) in [7, 11) is 0. The van der Waals surface area contributed by atoms with E-state index in [1.165, 1.54) is 4.57 Å². The molecule has 4 aromatic rings. The molecule has 0 aliphatic rings. The number of rotatable bonds is 4. The molecule has 28 heavy (non-hydrogen) atoms. The number of hydrogen-bond acceptors (Lipinski definition) is 5. The fourth-order valence-electron chi connectivity index (χ4n) is 2.83. The Hall–Kier alpha value is -4.24. The summed E-state index contributed by atoms with van der Waals surface area (Å²) in [6.07, 6.45) is 1.61. The molecule has 0 amide bonds. The number of nitrogens with zero attached hydrogens (tertiary/aromatic N) is 4. The molecule has 0 aliphatic heterocycles. The van der Waals surface area contributed by atoms with Crippen molar-refractivity contribution in [2.75, 3.05) is 5.43 Å². The highest BCUT2D eigenvalue weighted by atomic mass is 16.1. The van der Waals surface area contributed by atoms with Crippen molar-refractivity contribution in [3.05, 3.63) is 100 Å². The first-order chi connectivity index (χ1) is 13.8. The van der Waals surface area contributed by atoms with Crippen molar-refractivity contribution < 1.29 is 0 Å². The molecule has 0 radical (unpaired) electrons. The summed E-state index contributed by atoms with van der Waals surface area (Å²) >= 11 is 0. The van der Waals surface area contributed by atoms with Crippen molar-refractivity contribution in [1.29, 1.82) is 5.26 Å². The van der Waals surface area contributed by atoms with Gasteiger partial charge in [0.05, 0.1) is 34.4 Å². The molecule has 1 heterocycles. The van der Waals surface area contributed by atoms with E-state index in [1.54, 1.807) is 42.6 Å². The maximum absolute atomic E-state index is 13.1. The summed E-state index contributed by atoms with van der Waals surface area (Å²) in [5, 5.41) is 13.6. The third kappa shape index (κ3) is 3.37. The predicted octanol–water partition coefficient (Wildman–Crippen LogP) is 3.70. The van der Waals surface area contributed by atoms with Crippen LogP contribution in [0.25, 0.3) is 16.6 Å². The first kappa shape index (κ1) is 17.2. The fraction of sp³-hybridized carbons (Fsp3) is 0. The van der Waals surface area contributed by atoms with Gasteiger partial charge in [-0.3, -0.25) is 4.79 Å². The molecule has 0 bridgehead atoms. The zero-order valence-electron chi connectivity index (χ0n) is 14.8. The number of para-hydroxylation sites is 2. The molecule has 0 aliphatic carbocycles. The number of hydrogen-bond donors (Lipinski definition) is 1. The lowest BCUT2D eigenvalue weighted by atomic mass is 10.2. The van der Waals surface area contributed by atoms with Crippen LogP contribution in [-0.2, 0) is 0 Å². The van der Waals surface area contributed by atoms with Crippen molar-refractivity contribution in [1.82, 2.24) is 9.55 Å². The Labute approximate surface area is 161 Å². The van der Waals surface area contributed by atoms with Gasteiger partial charge in [-0.1, -0.05) is 42.5 Å². The van der Waals surface area contributed by atoms with Gasteiger partial charge in [-0.2, -0.15) is 10.4 Å². The number of hydrazone groups is 1. The van der Waals surface area contributed by atoms with Crippen LogP contribution in [0.3, 0.4) is 0 Å². The second kappa shape index (κ2) is 7.56. The highest BCUT2D eigenvalue weighted by molar-refractivity contribution is 5.81. The number of nitriles is 1. The molecule has 4 rings (SSSR count). The summed E-state index contributed by atoms with van der Waals surface area (Å²) in [5.74, 6) is 0.319. The molecule has 0 fully saturated rings. The molecule has 0 saturated carbocycles. The molecule has 0 saturated heterocycles. The molecular formula is C22H15N5O. The Balaban J connectivity index is 1.76. The Morgan fingerprint density at radius 1 is 0.964 bits per heavy atom. The zero-order chi connectivity index (χ0) is 19.3. The van der Waals surface area contributed by atoms with Gasteiger partial charge in [0.15, 0.2) is 0 Å². The van der Waals surface area contributed by atoms with E-state index >= 15 is 0 Å². The van der Waals surface area contributed by atoms with Crippen LogP contribution in [0.15, 0.2) is 88.8 Å². The van der Waals surface area contributed by atoms with Gasteiger partial charge in [-0.15, -0.1) is 0 Å². The van der Waals surface area contributed by atoms with Crippen molar-refractivity contribution in [3.63, 3.8) is 0 Å². The minimum atomic E-state index is -0.173. The van der Waals surface area contributed by atoms with E-state index in [0.29, 0.717) is 28.1 Å². The molecule has 0 atom stereocenters. The van der Waals surface area contributed by atoms with Gasteiger partial charge in [0.25, 0.3) is 5.56 Å². The smallest absolute Gasteiger partial charge is 0.267 e. The second-order valence-corrected chi connectivity index (χ2v) is 6.03. The normalized spacial score (nSPS) is 10.8. The molecule has 0 unspecified atom stereocenters. The van der Waals surface area contributed by atoms with Gasteiger partial charge < -0.3 is 0 Å². The van der Waals surface area contributed by atoms with Gasteiger partial charge in [0.2, 0.25) is 5.95 Å². The Kier molecular flexibility index (Phi) is 4.64. The zero-order valence-corrected chi connectivity index (χ0v) is 14.8. The number of fused-ring (bicyclic) bond motifs is 1. The topological polar surface area (TPSA) is 83.1 Å². The van der Waals surface area contributed by atoms with Gasteiger partial charge in [-0.05, 0) is 42.0 Å².